The van der Waals surface area contributed by atoms with E-state index in [1.165, 1.54) is 27.2 Å². The SMILES string of the molecule is CC(C)=C(C)C(C)(C)Sc1cc(C)cc(C)c1. The minimum Gasteiger partial charge on any atom is -0.115 e. The van der Waals surface area contributed by atoms with Gasteiger partial charge in [-0.2, -0.15) is 0 Å². The molecule has 0 aliphatic heterocycles. The monoisotopic (exact) mass is 248 g/mol. The lowest BCUT2D eigenvalue weighted by atomic mass is 10.00. The van der Waals surface area contributed by atoms with Crippen molar-refractivity contribution in [1.82, 2.24) is 0 Å². The van der Waals surface area contributed by atoms with E-state index in [0.29, 0.717) is 0 Å². The molecule has 1 aromatic carbocycles. The second-order valence-electron chi connectivity index (χ2n) is 5.56. The molecule has 0 saturated heterocycles. The second kappa shape index (κ2) is 5.30. The summed E-state index contributed by atoms with van der Waals surface area (Å²) in [6, 6.07) is 6.78. The molecule has 0 saturated carbocycles. The zero-order valence-corrected chi connectivity index (χ0v) is 13.0. The highest BCUT2D eigenvalue weighted by Crippen LogP contribution is 2.39. The van der Waals surface area contributed by atoms with E-state index in [-0.39, 0.29) is 4.75 Å². The first-order valence-electron chi connectivity index (χ1n) is 6.14. The van der Waals surface area contributed by atoms with Gasteiger partial charge in [0.1, 0.15) is 0 Å². The maximum Gasteiger partial charge on any atom is 0.0358 e. The quantitative estimate of drug-likeness (QED) is 0.500. The highest BCUT2D eigenvalue weighted by Gasteiger charge is 2.22. The van der Waals surface area contributed by atoms with Gasteiger partial charge in [0.05, 0.1) is 0 Å². The van der Waals surface area contributed by atoms with E-state index in [1.807, 2.05) is 11.8 Å². The Hall–Kier alpha value is -0.690. The molecule has 0 nitrogen and oxygen atoms in total. The van der Waals surface area contributed by atoms with Crippen LogP contribution in [-0.2, 0) is 0 Å². The topological polar surface area (TPSA) is 0 Å². The fourth-order valence-corrected chi connectivity index (χ4v) is 3.40. The number of hydrogen-bond donors (Lipinski definition) is 0. The first kappa shape index (κ1) is 14.4. The molecule has 0 aliphatic carbocycles. The normalized spacial score (nSPS) is 11.5. The molecule has 0 radical (unpaired) electrons. The van der Waals surface area contributed by atoms with Gasteiger partial charge in [0, 0.05) is 9.64 Å². The van der Waals surface area contributed by atoms with Crippen molar-refractivity contribution in [3.63, 3.8) is 0 Å². The summed E-state index contributed by atoms with van der Waals surface area (Å²) < 4.78 is 0.166. The molecule has 0 aliphatic rings. The molecule has 0 aromatic heterocycles. The van der Waals surface area contributed by atoms with E-state index in [9.17, 15) is 0 Å². The van der Waals surface area contributed by atoms with Crippen LogP contribution in [0.1, 0.15) is 45.7 Å². The Kier molecular flexibility index (Phi) is 4.48. The third kappa shape index (κ3) is 3.92. The Morgan fingerprint density at radius 3 is 1.82 bits per heavy atom. The average Bonchev–Trinajstić information content (AvgIpc) is 2.13. The molecule has 1 heteroatoms. The van der Waals surface area contributed by atoms with Gasteiger partial charge in [-0.3, -0.25) is 0 Å². The van der Waals surface area contributed by atoms with E-state index in [0.717, 1.165) is 0 Å². The van der Waals surface area contributed by atoms with Crippen molar-refractivity contribution in [2.75, 3.05) is 0 Å². The van der Waals surface area contributed by atoms with Crippen LogP contribution in [0.4, 0.5) is 0 Å². The highest BCUT2D eigenvalue weighted by atomic mass is 32.2. The molecule has 94 valence electrons. The largest absolute Gasteiger partial charge is 0.115 e. The lowest BCUT2D eigenvalue weighted by molar-refractivity contribution is 0.816. The van der Waals surface area contributed by atoms with Crippen LogP contribution in [0.2, 0.25) is 0 Å². The molecule has 17 heavy (non-hydrogen) atoms. The molecular formula is C16H24S. The van der Waals surface area contributed by atoms with Gasteiger partial charge in [-0.1, -0.05) is 17.2 Å². The summed E-state index contributed by atoms with van der Waals surface area (Å²) in [4.78, 5) is 1.37. The molecule has 0 N–H and O–H groups in total. The fraction of sp³-hybridized carbons (Fsp3) is 0.500. The lowest BCUT2D eigenvalue weighted by Crippen LogP contribution is -2.17. The first-order valence-corrected chi connectivity index (χ1v) is 6.96. The third-order valence-corrected chi connectivity index (χ3v) is 4.51. The van der Waals surface area contributed by atoms with E-state index < -0.39 is 0 Å². The summed E-state index contributed by atoms with van der Waals surface area (Å²) in [5.74, 6) is 0. The predicted molar refractivity (Wildman–Crippen MR) is 79.9 cm³/mol. The van der Waals surface area contributed by atoms with Crippen LogP contribution in [0.15, 0.2) is 34.2 Å². The second-order valence-corrected chi connectivity index (χ2v) is 7.26. The summed E-state index contributed by atoms with van der Waals surface area (Å²) in [7, 11) is 0. The van der Waals surface area contributed by atoms with Gasteiger partial charge in [0.2, 0.25) is 0 Å². The molecule has 0 bridgehead atoms. The minimum atomic E-state index is 0.166. The zero-order chi connectivity index (χ0) is 13.2. The van der Waals surface area contributed by atoms with Gasteiger partial charge in [0.15, 0.2) is 0 Å². The minimum absolute atomic E-state index is 0.166. The summed E-state index contributed by atoms with van der Waals surface area (Å²) in [5.41, 5.74) is 5.59. The Bertz CT molecular complexity index is 415. The van der Waals surface area contributed by atoms with Crippen molar-refractivity contribution in [3.05, 3.63) is 40.5 Å². The smallest absolute Gasteiger partial charge is 0.0358 e. The molecular weight excluding hydrogens is 224 g/mol. The van der Waals surface area contributed by atoms with Crippen molar-refractivity contribution in [2.24, 2.45) is 0 Å². The number of rotatable bonds is 3. The maximum absolute atomic E-state index is 2.30. The number of thioether (sulfide) groups is 1. The van der Waals surface area contributed by atoms with Crippen molar-refractivity contribution in [1.29, 1.82) is 0 Å². The molecule has 0 amide bonds. The van der Waals surface area contributed by atoms with Crippen LogP contribution in [0.5, 0.6) is 0 Å². The highest BCUT2D eigenvalue weighted by molar-refractivity contribution is 8.00. The van der Waals surface area contributed by atoms with Gasteiger partial charge in [-0.15, -0.1) is 11.8 Å². The Morgan fingerprint density at radius 2 is 1.41 bits per heavy atom. The van der Waals surface area contributed by atoms with E-state index in [4.69, 9.17) is 0 Å². The number of aryl methyl sites for hydroxylation is 2. The van der Waals surface area contributed by atoms with Gasteiger partial charge in [-0.05, 0) is 71.7 Å². The summed E-state index contributed by atoms with van der Waals surface area (Å²) in [5, 5.41) is 0. The van der Waals surface area contributed by atoms with Crippen LogP contribution in [0.3, 0.4) is 0 Å². The Morgan fingerprint density at radius 1 is 0.941 bits per heavy atom. The van der Waals surface area contributed by atoms with Gasteiger partial charge in [0.25, 0.3) is 0 Å². The Balaban J connectivity index is 3.02. The van der Waals surface area contributed by atoms with Crippen molar-refractivity contribution >= 4 is 11.8 Å². The van der Waals surface area contributed by atoms with E-state index >= 15 is 0 Å². The van der Waals surface area contributed by atoms with Crippen LogP contribution >= 0.6 is 11.8 Å². The first-order chi connectivity index (χ1) is 7.72. The average molecular weight is 248 g/mol. The maximum atomic E-state index is 2.30. The van der Waals surface area contributed by atoms with Crippen molar-refractivity contribution in [2.45, 2.75) is 58.1 Å². The number of hydrogen-bond acceptors (Lipinski definition) is 1. The molecule has 0 atom stereocenters. The van der Waals surface area contributed by atoms with Crippen LogP contribution in [0, 0.1) is 13.8 Å². The Labute approximate surface area is 111 Å². The number of allylic oxidation sites excluding steroid dienone is 1. The van der Waals surface area contributed by atoms with Gasteiger partial charge in [-0.25, -0.2) is 0 Å². The molecule has 0 heterocycles. The van der Waals surface area contributed by atoms with Crippen molar-refractivity contribution < 1.29 is 0 Å². The number of benzene rings is 1. The van der Waals surface area contributed by atoms with E-state index in [1.54, 1.807) is 0 Å². The van der Waals surface area contributed by atoms with Crippen LogP contribution in [0.25, 0.3) is 0 Å². The molecule has 1 aromatic rings. The summed E-state index contributed by atoms with van der Waals surface area (Å²) in [6.45, 7) is 15.6. The fourth-order valence-electron chi connectivity index (χ4n) is 1.97. The molecule has 0 fully saturated rings. The summed E-state index contributed by atoms with van der Waals surface area (Å²) >= 11 is 1.95. The standard InChI is InChI=1S/C16H24S/c1-11(2)14(5)16(6,7)17-15-9-12(3)8-13(4)10-15/h8-10H,1-7H3. The van der Waals surface area contributed by atoms with E-state index in [2.05, 4.69) is 66.7 Å². The molecule has 0 unspecified atom stereocenters. The van der Waals surface area contributed by atoms with Crippen LogP contribution in [-0.4, -0.2) is 4.75 Å². The lowest BCUT2D eigenvalue weighted by Gasteiger charge is -2.27. The third-order valence-electron chi connectivity index (χ3n) is 3.22. The van der Waals surface area contributed by atoms with Crippen LogP contribution < -0.4 is 0 Å². The predicted octanol–water partition coefficient (Wildman–Crippen LogP) is 5.53. The van der Waals surface area contributed by atoms with Crippen molar-refractivity contribution in [3.8, 4) is 0 Å². The molecule has 0 spiro atoms. The van der Waals surface area contributed by atoms with Gasteiger partial charge < -0.3 is 0 Å². The zero-order valence-electron chi connectivity index (χ0n) is 12.1. The molecule has 1 rings (SSSR count). The van der Waals surface area contributed by atoms with Gasteiger partial charge >= 0.3 is 0 Å². The summed E-state index contributed by atoms with van der Waals surface area (Å²) in [6.07, 6.45) is 0.